The van der Waals surface area contributed by atoms with Gasteiger partial charge in [0.25, 0.3) is 0 Å². The number of carbonyl (C=O) groups is 2. The smallest absolute Gasteiger partial charge is 0.411 e. The zero-order valence-corrected chi connectivity index (χ0v) is 11.6. The van der Waals surface area contributed by atoms with Crippen LogP contribution in [-0.4, -0.2) is 34.2 Å². The highest BCUT2D eigenvalue weighted by molar-refractivity contribution is 5.85. The molecule has 1 atom stereocenters. The molecule has 110 valence electrons. The third-order valence-electron chi connectivity index (χ3n) is 3.71. The van der Waals surface area contributed by atoms with Crippen LogP contribution in [0, 0.1) is 12.3 Å². The molecule has 0 bridgehead atoms. The van der Waals surface area contributed by atoms with E-state index in [0.29, 0.717) is 19.4 Å². The molecule has 0 aromatic heterocycles. The minimum atomic E-state index is -1.33. The van der Waals surface area contributed by atoms with Crippen molar-refractivity contribution in [1.29, 1.82) is 0 Å². The molecular weight excluding hydrogens is 270 g/mol. The van der Waals surface area contributed by atoms with Crippen LogP contribution in [0.4, 0.5) is 4.79 Å². The Kier molecular flexibility index (Phi) is 4.49. The van der Waals surface area contributed by atoms with E-state index in [1.807, 2.05) is 30.3 Å². The summed E-state index contributed by atoms with van der Waals surface area (Å²) in [5.74, 6) is 1.29. The maximum Gasteiger partial charge on any atom is 0.411 e. The van der Waals surface area contributed by atoms with E-state index in [0.717, 1.165) is 5.56 Å². The van der Waals surface area contributed by atoms with Crippen molar-refractivity contribution in [2.24, 2.45) is 0 Å². The number of carbonyl (C=O) groups excluding carboxylic acids is 1. The summed E-state index contributed by atoms with van der Waals surface area (Å²) in [6, 6.07) is 9.23. The zero-order valence-electron chi connectivity index (χ0n) is 11.6. The van der Waals surface area contributed by atoms with Crippen molar-refractivity contribution in [2.75, 3.05) is 6.54 Å². The van der Waals surface area contributed by atoms with E-state index in [9.17, 15) is 14.7 Å². The molecule has 0 saturated carbocycles. The molecule has 1 fully saturated rings. The van der Waals surface area contributed by atoms with Crippen LogP contribution in [0.3, 0.4) is 0 Å². The lowest BCUT2D eigenvalue weighted by molar-refractivity contribution is -0.148. The van der Waals surface area contributed by atoms with Crippen LogP contribution in [-0.2, 0) is 16.1 Å². The molecular formula is C16H17NO4. The fourth-order valence-corrected chi connectivity index (χ4v) is 2.59. The van der Waals surface area contributed by atoms with Gasteiger partial charge in [0.05, 0.1) is 0 Å². The molecule has 0 spiro atoms. The summed E-state index contributed by atoms with van der Waals surface area (Å²) in [7, 11) is 0. The SMILES string of the molecule is C#CCC1(C(=O)O)CCCN1C(=O)OCc1ccccc1. The number of rotatable bonds is 4. The molecule has 2 rings (SSSR count). The Hall–Kier alpha value is -2.48. The van der Waals surface area contributed by atoms with Crippen LogP contribution < -0.4 is 0 Å². The largest absolute Gasteiger partial charge is 0.479 e. The lowest BCUT2D eigenvalue weighted by Crippen LogP contribution is -2.53. The first-order valence-corrected chi connectivity index (χ1v) is 6.75. The van der Waals surface area contributed by atoms with Gasteiger partial charge in [-0.3, -0.25) is 4.90 Å². The van der Waals surface area contributed by atoms with Crippen LogP contribution in [0.15, 0.2) is 30.3 Å². The average Bonchev–Trinajstić information content (AvgIpc) is 2.91. The molecule has 1 unspecified atom stereocenters. The molecule has 1 aromatic carbocycles. The number of hydrogen-bond acceptors (Lipinski definition) is 3. The molecule has 5 heteroatoms. The molecule has 1 amide bonds. The van der Waals surface area contributed by atoms with Crippen LogP contribution in [0.5, 0.6) is 0 Å². The second-order valence-corrected chi connectivity index (χ2v) is 5.01. The summed E-state index contributed by atoms with van der Waals surface area (Å²) in [6.45, 7) is 0.462. The van der Waals surface area contributed by atoms with Gasteiger partial charge in [-0.15, -0.1) is 12.3 Å². The van der Waals surface area contributed by atoms with Gasteiger partial charge in [0.1, 0.15) is 6.61 Å². The number of amides is 1. The minimum Gasteiger partial charge on any atom is -0.479 e. The number of terminal acetylenes is 1. The molecule has 0 aliphatic carbocycles. The lowest BCUT2D eigenvalue weighted by atomic mass is 9.93. The second kappa shape index (κ2) is 6.31. The molecule has 1 saturated heterocycles. The fourth-order valence-electron chi connectivity index (χ4n) is 2.59. The van der Waals surface area contributed by atoms with Crippen molar-refractivity contribution in [3.63, 3.8) is 0 Å². The normalized spacial score (nSPS) is 20.8. The van der Waals surface area contributed by atoms with Crippen LogP contribution in [0.1, 0.15) is 24.8 Å². The first kappa shape index (κ1) is 14.9. The summed E-state index contributed by atoms with van der Waals surface area (Å²) in [6.07, 6.45) is 5.58. The third-order valence-corrected chi connectivity index (χ3v) is 3.71. The Morgan fingerprint density at radius 2 is 2.10 bits per heavy atom. The number of likely N-dealkylation sites (tertiary alicyclic amines) is 1. The van der Waals surface area contributed by atoms with Gasteiger partial charge in [0, 0.05) is 13.0 Å². The van der Waals surface area contributed by atoms with Gasteiger partial charge in [-0.05, 0) is 18.4 Å². The van der Waals surface area contributed by atoms with E-state index in [4.69, 9.17) is 11.2 Å². The molecule has 0 radical (unpaired) electrons. The molecule has 1 aromatic rings. The first-order valence-electron chi connectivity index (χ1n) is 6.75. The zero-order chi connectivity index (χ0) is 15.3. The van der Waals surface area contributed by atoms with Crippen molar-refractivity contribution in [3.8, 4) is 12.3 Å². The van der Waals surface area contributed by atoms with Gasteiger partial charge < -0.3 is 9.84 Å². The van der Waals surface area contributed by atoms with E-state index in [2.05, 4.69) is 5.92 Å². The minimum absolute atomic E-state index is 0.0111. The molecule has 5 nitrogen and oxygen atoms in total. The van der Waals surface area contributed by atoms with Crippen LogP contribution in [0.25, 0.3) is 0 Å². The monoisotopic (exact) mass is 287 g/mol. The molecule has 1 heterocycles. The fraction of sp³-hybridized carbons (Fsp3) is 0.375. The van der Waals surface area contributed by atoms with Crippen molar-refractivity contribution in [3.05, 3.63) is 35.9 Å². The Morgan fingerprint density at radius 3 is 2.71 bits per heavy atom. The number of aliphatic carboxylic acids is 1. The lowest BCUT2D eigenvalue weighted by Gasteiger charge is -2.32. The molecule has 1 N–H and O–H groups in total. The molecule has 1 aliphatic rings. The topological polar surface area (TPSA) is 66.8 Å². The maximum atomic E-state index is 12.2. The summed E-state index contributed by atoms with van der Waals surface area (Å²) in [5, 5.41) is 9.45. The second-order valence-electron chi connectivity index (χ2n) is 5.01. The number of hydrogen-bond donors (Lipinski definition) is 1. The Bertz CT molecular complexity index is 563. The van der Waals surface area contributed by atoms with E-state index >= 15 is 0 Å². The van der Waals surface area contributed by atoms with Crippen molar-refractivity contribution >= 4 is 12.1 Å². The average molecular weight is 287 g/mol. The molecule has 21 heavy (non-hydrogen) atoms. The highest BCUT2D eigenvalue weighted by Crippen LogP contribution is 2.33. The number of nitrogens with zero attached hydrogens (tertiary/aromatic N) is 1. The summed E-state index contributed by atoms with van der Waals surface area (Å²) >= 11 is 0. The van der Waals surface area contributed by atoms with Crippen LogP contribution >= 0.6 is 0 Å². The first-order chi connectivity index (χ1) is 10.1. The summed E-state index contributed by atoms with van der Waals surface area (Å²) < 4.78 is 5.22. The van der Waals surface area contributed by atoms with E-state index in [1.54, 1.807) is 0 Å². The number of benzene rings is 1. The van der Waals surface area contributed by atoms with E-state index in [1.165, 1.54) is 4.90 Å². The van der Waals surface area contributed by atoms with E-state index < -0.39 is 17.6 Å². The standard InChI is InChI=1S/C16H17NO4/c1-2-9-16(14(18)19)10-6-11-17(16)15(20)21-12-13-7-4-3-5-8-13/h1,3-5,7-8H,6,9-12H2,(H,18,19). The quantitative estimate of drug-likeness (QED) is 0.863. The number of carboxylic acid groups (broad SMARTS) is 1. The van der Waals surface area contributed by atoms with Gasteiger partial charge in [-0.1, -0.05) is 30.3 Å². The Balaban J connectivity index is 2.07. The van der Waals surface area contributed by atoms with Gasteiger partial charge in [0.2, 0.25) is 0 Å². The number of ether oxygens (including phenoxy) is 1. The van der Waals surface area contributed by atoms with Crippen molar-refractivity contribution < 1.29 is 19.4 Å². The summed E-state index contributed by atoms with van der Waals surface area (Å²) in [4.78, 5) is 25.0. The predicted molar refractivity (Wildman–Crippen MR) is 76.4 cm³/mol. The predicted octanol–water partition coefficient (Wildman–Crippen LogP) is 2.27. The third kappa shape index (κ3) is 3.00. The number of carboxylic acids is 1. The van der Waals surface area contributed by atoms with Gasteiger partial charge >= 0.3 is 12.1 Å². The Morgan fingerprint density at radius 1 is 1.38 bits per heavy atom. The van der Waals surface area contributed by atoms with E-state index in [-0.39, 0.29) is 13.0 Å². The highest BCUT2D eigenvalue weighted by atomic mass is 16.6. The highest BCUT2D eigenvalue weighted by Gasteiger charge is 2.50. The van der Waals surface area contributed by atoms with Gasteiger partial charge in [-0.2, -0.15) is 0 Å². The van der Waals surface area contributed by atoms with Gasteiger partial charge in [0.15, 0.2) is 5.54 Å². The molecule has 1 aliphatic heterocycles. The van der Waals surface area contributed by atoms with Crippen molar-refractivity contribution in [2.45, 2.75) is 31.4 Å². The van der Waals surface area contributed by atoms with Gasteiger partial charge in [-0.25, -0.2) is 9.59 Å². The van der Waals surface area contributed by atoms with Crippen LogP contribution in [0.2, 0.25) is 0 Å². The van der Waals surface area contributed by atoms with Crippen molar-refractivity contribution in [1.82, 2.24) is 4.90 Å². The summed E-state index contributed by atoms with van der Waals surface area (Å²) in [5.41, 5.74) is -0.481. The maximum absolute atomic E-state index is 12.2. The Labute approximate surface area is 123 Å².